The number of nitrogens with zero attached hydrogens (tertiary/aromatic N) is 1. The molecule has 1 amide bonds. The van der Waals surface area contributed by atoms with Gasteiger partial charge in [0.25, 0.3) is 5.91 Å². The molecule has 1 heterocycles. The van der Waals surface area contributed by atoms with Crippen LogP contribution in [0.15, 0.2) is 21.1 Å². The molecule has 1 aliphatic heterocycles. The van der Waals surface area contributed by atoms with E-state index in [0.29, 0.717) is 14.6 Å². The average Bonchev–Trinajstić information content (AvgIpc) is 2.36. The highest BCUT2D eigenvalue weighted by atomic mass is 79.9. The number of carbonyl (C=O) groups excluding carboxylic acids is 1. The average molecular weight is 366 g/mol. The fraction of sp³-hybridized carbons (Fsp3) is 0.222. The van der Waals surface area contributed by atoms with Gasteiger partial charge in [-0.2, -0.15) is 0 Å². The fourth-order valence-electron chi connectivity index (χ4n) is 1.77. The van der Waals surface area contributed by atoms with Gasteiger partial charge in [-0.3, -0.25) is 14.9 Å². The van der Waals surface area contributed by atoms with Crippen LogP contribution in [0.3, 0.4) is 0 Å². The molecule has 0 aromatic heterocycles. The number of anilines is 1. The Hall–Kier alpha value is -0.990. The van der Waals surface area contributed by atoms with Crippen LogP contribution in [0.2, 0.25) is 0 Å². The molecule has 0 aliphatic carbocycles. The smallest absolute Gasteiger partial charge is 0.268 e. The Morgan fingerprint density at radius 2 is 2.12 bits per heavy atom. The number of fused-ring (bicyclic) bond motifs is 1. The minimum Gasteiger partial charge on any atom is -0.370 e. The van der Waals surface area contributed by atoms with Crippen LogP contribution in [0.25, 0.3) is 0 Å². The number of benzene rings is 1. The molecule has 0 radical (unpaired) electrons. The van der Waals surface area contributed by atoms with Gasteiger partial charge in [-0.05, 0) is 12.1 Å². The zero-order valence-electron chi connectivity index (χ0n) is 8.24. The lowest BCUT2D eigenvalue weighted by molar-refractivity contribution is -0.498. The van der Waals surface area contributed by atoms with Gasteiger partial charge in [0.1, 0.15) is 0 Å². The van der Waals surface area contributed by atoms with Crippen LogP contribution in [0.5, 0.6) is 0 Å². The molecule has 1 aliphatic rings. The second kappa shape index (κ2) is 4.04. The van der Waals surface area contributed by atoms with Crippen molar-refractivity contribution < 1.29 is 14.8 Å². The number of nitro groups is 1. The van der Waals surface area contributed by atoms with Crippen molar-refractivity contribution >= 4 is 43.5 Å². The third kappa shape index (κ3) is 1.96. The molecule has 1 atom stereocenters. The summed E-state index contributed by atoms with van der Waals surface area (Å²) < 4.78 is 1.12. The van der Waals surface area contributed by atoms with Crippen LogP contribution in [0, 0.1) is 10.1 Å². The van der Waals surface area contributed by atoms with E-state index in [4.69, 9.17) is 0 Å². The number of halogens is 2. The highest BCUT2D eigenvalue weighted by molar-refractivity contribution is 9.11. The molecular weight excluding hydrogens is 360 g/mol. The van der Waals surface area contributed by atoms with E-state index >= 15 is 0 Å². The van der Waals surface area contributed by atoms with Crippen molar-refractivity contribution in [1.29, 1.82) is 0 Å². The van der Waals surface area contributed by atoms with Crippen LogP contribution in [0.1, 0.15) is 5.56 Å². The predicted molar refractivity (Wildman–Crippen MR) is 66.2 cm³/mol. The van der Waals surface area contributed by atoms with Crippen molar-refractivity contribution in [2.24, 2.45) is 0 Å². The van der Waals surface area contributed by atoms with Gasteiger partial charge in [-0.15, -0.1) is 0 Å². The molecule has 1 aromatic carbocycles. The van der Waals surface area contributed by atoms with E-state index in [2.05, 4.69) is 37.2 Å². The lowest BCUT2D eigenvalue weighted by Gasteiger charge is -2.16. The number of hydrogen-bond acceptors (Lipinski definition) is 4. The van der Waals surface area contributed by atoms with Gasteiger partial charge in [0.2, 0.25) is 12.1 Å². The van der Waals surface area contributed by atoms with Crippen molar-refractivity contribution in [2.45, 2.75) is 5.60 Å². The van der Waals surface area contributed by atoms with E-state index in [1.165, 1.54) is 0 Å². The minimum absolute atomic E-state index is 0.197. The number of carbonyl (C=O) groups is 1. The standard InChI is InChI=1S/C9H6Br2N2O4/c10-4-1-5(11)7-6(2-4)12-8(14)9(7,15)3-13(16)17/h1-2,15H,3H2,(H,12,14). The zero-order valence-corrected chi connectivity index (χ0v) is 11.4. The van der Waals surface area contributed by atoms with Gasteiger partial charge < -0.3 is 10.4 Å². The molecule has 1 aromatic rings. The van der Waals surface area contributed by atoms with E-state index in [1.807, 2.05) is 0 Å². The Balaban J connectivity index is 2.61. The summed E-state index contributed by atoms with van der Waals surface area (Å²) in [7, 11) is 0. The number of amides is 1. The zero-order chi connectivity index (χ0) is 12.8. The largest absolute Gasteiger partial charge is 0.370 e. The lowest BCUT2D eigenvalue weighted by atomic mass is 9.96. The number of aliphatic hydroxyl groups is 1. The van der Waals surface area contributed by atoms with Crippen molar-refractivity contribution in [3.8, 4) is 0 Å². The van der Waals surface area contributed by atoms with Gasteiger partial charge in [0.15, 0.2) is 0 Å². The fourth-order valence-corrected chi connectivity index (χ4v) is 3.32. The van der Waals surface area contributed by atoms with E-state index < -0.39 is 23.0 Å². The molecular formula is C9H6Br2N2O4. The summed E-state index contributed by atoms with van der Waals surface area (Å²) in [6.07, 6.45) is 0. The van der Waals surface area contributed by atoms with Crippen LogP contribution < -0.4 is 5.32 Å². The SMILES string of the molecule is O=C1Nc2cc(Br)cc(Br)c2C1(O)C[N+](=O)[O-]. The molecule has 2 rings (SSSR count). The Morgan fingerprint density at radius 3 is 2.71 bits per heavy atom. The first-order valence-corrected chi connectivity index (χ1v) is 6.08. The van der Waals surface area contributed by atoms with Crippen LogP contribution in [-0.2, 0) is 10.4 Å². The molecule has 17 heavy (non-hydrogen) atoms. The van der Waals surface area contributed by atoms with E-state index in [9.17, 15) is 20.0 Å². The Kier molecular flexibility index (Phi) is 2.96. The third-order valence-electron chi connectivity index (χ3n) is 2.45. The van der Waals surface area contributed by atoms with Crippen LogP contribution in [-0.4, -0.2) is 22.5 Å². The maximum atomic E-state index is 11.7. The van der Waals surface area contributed by atoms with E-state index in [1.54, 1.807) is 12.1 Å². The minimum atomic E-state index is -2.13. The van der Waals surface area contributed by atoms with Crippen molar-refractivity contribution in [1.82, 2.24) is 0 Å². The first-order valence-electron chi connectivity index (χ1n) is 4.50. The Morgan fingerprint density at radius 1 is 1.47 bits per heavy atom. The molecule has 90 valence electrons. The van der Waals surface area contributed by atoms with Crippen molar-refractivity contribution in [2.75, 3.05) is 11.9 Å². The van der Waals surface area contributed by atoms with Crippen molar-refractivity contribution in [3.63, 3.8) is 0 Å². The molecule has 0 saturated carbocycles. The quantitative estimate of drug-likeness (QED) is 0.615. The molecule has 0 bridgehead atoms. The Bertz CT molecular complexity index is 534. The molecule has 8 heteroatoms. The third-order valence-corrected chi connectivity index (χ3v) is 3.53. The number of nitrogens with one attached hydrogen (secondary N) is 1. The van der Waals surface area contributed by atoms with Gasteiger partial charge in [0, 0.05) is 25.1 Å². The molecule has 6 nitrogen and oxygen atoms in total. The lowest BCUT2D eigenvalue weighted by Crippen LogP contribution is -2.41. The van der Waals surface area contributed by atoms with Crippen molar-refractivity contribution in [3.05, 3.63) is 36.8 Å². The predicted octanol–water partition coefficient (Wildman–Crippen LogP) is 1.63. The van der Waals surface area contributed by atoms with Gasteiger partial charge >= 0.3 is 0 Å². The van der Waals surface area contributed by atoms with Gasteiger partial charge in [-0.1, -0.05) is 31.9 Å². The summed E-state index contributed by atoms with van der Waals surface area (Å²) in [4.78, 5) is 21.5. The summed E-state index contributed by atoms with van der Waals surface area (Å²) in [5, 5.41) is 23.1. The van der Waals surface area contributed by atoms with Crippen LogP contribution in [0.4, 0.5) is 5.69 Å². The highest BCUT2D eigenvalue weighted by Gasteiger charge is 2.51. The van der Waals surface area contributed by atoms with Crippen LogP contribution >= 0.6 is 31.9 Å². The van der Waals surface area contributed by atoms with Gasteiger partial charge in [0.05, 0.1) is 0 Å². The summed E-state index contributed by atoms with van der Waals surface area (Å²) in [5.74, 6) is -0.789. The van der Waals surface area contributed by atoms with E-state index in [-0.39, 0.29) is 5.56 Å². The second-order valence-electron chi connectivity index (χ2n) is 3.62. The summed E-state index contributed by atoms with van der Waals surface area (Å²) >= 11 is 6.41. The maximum Gasteiger partial charge on any atom is 0.268 e. The summed E-state index contributed by atoms with van der Waals surface area (Å²) in [6.45, 7) is -0.869. The topological polar surface area (TPSA) is 92.5 Å². The molecule has 0 spiro atoms. The first-order chi connectivity index (χ1) is 7.84. The normalized spacial score (nSPS) is 22.2. The molecule has 2 N–H and O–H groups in total. The van der Waals surface area contributed by atoms with Gasteiger partial charge in [-0.25, -0.2) is 0 Å². The summed E-state index contributed by atoms with van der Waals surface area (Å²) in [5.41, 5.74) is -1.57. The first kappa shape index (κ1) is 12.5. The number of hydrogen-bond donors (Lipinski definition) is 2. The number of rotatable bonds is 2. The maximum absolute atomic E-state index is 11.7. The second-order valence-corrected chi connectivity index (χ2v) is 5.39. The summed E-state index contributed by atoms with van der Waals surface area (Å²) in [6, 6.07) is 3.19. The molecule has 0 fully saturated rings. The monoisotopic (exact) mass is 364 g/mol. The molecule has 0 saturated heterocycles. The molecule has 1 unspecified atom stereocenters. The Labute approximate surface area is 112 Å². The van der Waals surface area contributed by atoms with E-state index in [0.717, 1.165) is 0 Å². The highest BCUT2D eigenvalue weighted by Crippen LogP contribution is 2.42.